The molecule has 2 aliphatic heterocycles. The van der Waals surface area contributed by atoms with Crippen molar-refractivity contribution < 1.29 is 37.1 Å². The number of pyridine rings is 1. The molecule has 0 bridgehead atoms. The van der Waals surface area contributed by atoms with Gasteiger partial charge in [-0.15, -0.1) is 0 Å². The SMILES string of the molecule is CC(C)(O)c1cc2nn(C3CCN(Cc4ccc(N5CCC(=O)NC5=O)cc4F)CC3)cc2cc1NC(=O)c1cccc(C(F)(F)F)n1. The number of nitrogens with one attached hydrogen (secondary N) is 2. The summed E-state index contributed by atoms with van der Waals surface area (Å²) in [6.45, 7) is 4.96. The maximum Gasteiger partial charge on any atom is 0.433 e. The molecule has 0 atom stereocenters. The predicted octanol–water partition coefficient (Wildman–Crippen LogP) is 5.35. The number of piperidine rings is 1. The number of benzene rings is 2. The normalized spacial score (nSPS) is 16.8. The van der Waals surface area contributed by atoms with E-state index in [-0.39, 0.29) is 30.6 Å². The molecule has 0 aliphatic carbocycles. The van der Waals surface area contributed by atoms with Gasteiger partial charge in [-0.1, -0.05) is 12.1 Å². The van der Waals surface area contributed by atoms with Crippen LogP contribution in [0.25, 0.3) is 10.9 Å². The van der Waals surface area contributed by atoms with Crippen molar-refractivity contribution in [3.05, 3.63) is 83.1 Å². The lowest BCUT2D eigenvalue weighted by molar-refractivity contribution is -0.141. The molecule has 2 fully saturated rings. The van der Waals surface area contributed by atoms with E-state index in [1.54, 1.807) is 24.3 Å². The summed E-state index contributed by atoms with van der Waals surface area (Å²) in [5.74, 6) is -1.65. The molecule has 11 nitrogen and oxygen atoms in total. The van der Waals surface area contributed by atoms with E-state index in [4.69, 9.17) is 5.10 Å². The number of carbonyl (C=O) groups is 3. The van der Waals surface area contributed by atoms with Gasteiger partial charge in [0.05, 0.1) is 17.2 Å². The van der Waals surface area contributed by atoms with Crippen LogP contribution in [0, 0.1) is 5.82 Å². The zero-order valence-electron chi connectivity index (χ0n) is 26.1. The van der Waals surface area contributed by atoms with Gasteiger partial charge in [0.1, 0.15) is 17.2 Å². The van der Waals surface area contributed by atoms with Gasteiger partial charge in [0.2, 0.25) is 5.91 Å². The molecule has 0 radical (unpaired) electrons. The summed E-state index contributed by atoms with van der Waals surface area (Å²) < 4.78 is 56.4. The Hall–Kier alpha value is -4.89. The highest BCUT2D eigenvalue weighted by molar-refractivity contribution is 6.06. The fourth-order valence-corrected chi connectivity index (χ4v) is 6.02. The second-order valence-electron chi connectivity index (χ2n) is 12.5. The lowest BCUT2D eigenvalue weighted by Gasteiger charge is -2.32. The van der Waals surface area contributed by atoms with Gasteiger partial charge in [-0.2, -0.15) is 18.3 Å². The second-order valence-corrected chi connectivity index (χ2v) is 12.5. The standard InChI is InChI=1S/C33H33F4N7O4/c1-32(2,48)23-16-26-20(14-27(23)39-30(46)25-4-3-5-28(38-25)33(35,36)37)18-44(41-26)21-8-11-42(12-9-21)17-19-6-7-22(15-24(19)34)43-13-10-29(45)40-31(43)47/h3-7,14-16,18,21,48H,8-13,17H2,1-2H3,(H,39,46)(H,40,45,47). The van der Waals surface area contributed by atoms with Gasteiger partial charge in [0.15, 0.2) is 0 Å². The molecule has 2 aliphatic rings. The third-order valence-corrected chi connectivity index (χ3v) is 8.57. The van der Waals surface area contributed by atoms with E-state index in [1.165, 1.54) is 30.9 Å². The molecule has 4 amide bonds. The first-order valence-electron chi connectivity index (χ1n) is 15.4. The van der Waals surface area contributed by atoms with Crippen LogP contribution < -0.4 is 15.5 Å². The van der Waals surface area contributed by atoms with E-state index in [1.807, 2.05) is 10.9 Å². The average Bonchev–Trinajstić information content (AvgIpc) is 3.44. The van der Waals surface area contributed by atoms with Gasteiger partial charge >= 0.3 is 12.2 Å². The third kappa shape index (κ3) is 7.01. The molecular formula is C33H33F4N7O4. The zero-order valence-corrected chi connectivity index (χ0v) is 26.1. The number of nitrogens with zero attached hydrogens (tertiary/aromatic N) is 5. The van der Waals surface area contributed by atoms with E-state index >= 15 is 4.39 Å². The number of carbonyl (C=O) groups excluding carboxylic acids is 3. The minimum Gasteiger partial charge on any atom is -0.386 e. The third-order valence-electron chi connectivity index (χ3n) is 8.57. The Morgan fingerprint density at radius 1 is 1.06 bits per heavy atom. The number of aliphatic hydroxyl groups is 1. The number of likely N-dealkylation sites (tertiary alicyclic amines) is 1. The van der Waals surface area contributed by atoms with Crippen LogP contribution in [0.15, 0.2) is 54.7 Å². The molecule has 0 spiro atoms. The molecule has 15 heteroatoms. The molecule has 4 aromatic rings. The van der Waals surface area contributed by atoms with Gasteiger partial charge in [-0.25, -0.2) is 14.2 Å². The smallest absolute Gasteiger partial charge is 0.386 e. The Bertz CT molecular complexity index is 1900. The highest BCUT2D eigenvalue weighted by atomic mass is 19.4. The van der Waals surface area contributed by atoms with Crippen molar-refractivity contribution in [1.29, 1.82) is 0 Å². The number of rotatable bonds is 7. The zero-order chi connectivity index (χ0) is 34.4. The Balaban J connectivity index is 1.14. The van der Waals surface area contributed by atoms with Gasteiger partial charge in [0.25, 0.3) is 5.91 Å². The number of urea groups is 1. The molecule has 2 aromatic carbocycles. The van der Waals surface area contributed by atoms with Crippen LogP contribution in [-0.4, -0.2) is 62.3 Å². The van der Waals surface area contributed by atoms with E-state index in [0.29, 0.717) is 47.4 Å². The molecule has 6 rings (SSSR count). The Kier molecular flexibility index (Phi) is 8.68. The lowest BCUT2D eigenvalue weighted by atomic mass is 9.95. The number of imide groups is 1. The summed E-state index contributed by atoms with van der Waals surface area (Å²) >= 11 is 0. The van der Waals surface area contributed by atoms with Crippen molar-refractivity contribution >= 4 is 40.1 Å². The number of aromatic nitrogens is 3. The van der Waals surface area contributed by atoms with Crippen molar-refractivity contribution in [2.45, 2.75) is 57.5 Å². The lowest BCUT2D eigenvalue weighted by Crippen LogP contribution is -2.49. The monoisotopic (exact) mass is 667 g/mol. The number of anilines is 2. The van der Waals surface area contributed by atoms with Crippen molar-refractivity contribution in [3.63, 3.8) is 0 Å². The first kappa shape index (κ1) is 33.0. The van der Waals surface area contributed by atoms with Crippen LogP contribution in [0.3, 0.4) is 0 Å². The summed E-state index contributed by atoms with van der Waals surface area (Å²) in [7, 11) is 0. The van der Waals surface area contributed by atoms with Crippen LogP contribution in [0.1, 0.15) is 66.5 Å². The maximum absolute atomic E-state index is 15.1. The van der Waals surface area contributed by atoms with E-state index in [2.05, 4.69) is 20.5 Å². The topological polar surface area (TPSA) is 133 Å². The van der Waals surface area contributed by atoms with Crippen LogP contribution in [0.4, 0.5) is 33.7 Å². The number of fused-ring (bicyclic) bond motifs is 1. The molecule has 3 N–H and O–H groups in total. The molecule has 2 saturated heterocycles. The van der Waals surface area contributed by atoms with Gasteiger partial charge < -0.3 is 10.4 Å². The number of amides is 4. The maximum atomic E-state index is 15.1. The van der Waals surface area contributed by atoms with Crippen LogP contribution in [0.2, 0.25) is 0 Å². The van der Waals surface area contributed by atoms with E-state index in [9.17, 15) is 32.7 Å². The van der Waals surface area contributed by atoms with Crippen LogP contribution in [-0.2, 0) is 23.1 Å². The van der Waals surface area contributed by atoms with Crippen molar-refractivity contribution in [3.8, 4) is 0 Å². The first-order chi connectivity index (χ1) is 22.7. The van der Waals surface area contributed by atoms with E-state index < -0.39 is 40.9 Å². The molecule has 0 saturated carbocycles. The van der Waals surface area contributed by atoms with Crippen LogP contribution in [0.5, 0.6) is 0 Å². The molecule has 252 valence electrons. The predicted molar refractivity (Wildman–Crippen MR) is 168 cm³/mol. The van der Waals surface area contributed by atoms with Crippen molar-refractivity contribution in [2.75, 3.05) is 29.9 Å². The molecule has 0 unspecified atom stereocenters. The Morgan fingerprint density at radius 3 is 2.48 bits per heavy atom. The number of hydrogen-bond donors (Lipinski definition) is 3. The molecule has 4 heterocycles. The quantitative estimate of drug-likeness (QED) is 0.226. The summed E-state index contributed by atoms with van der Waals surface area (Å²) in [6.07, 6.45) is -1.30. The summed E-state index contributed by atoms with van der Waals surface area (Å²) in [4.78, 5) is 43.4. The molecule has 2 aromatic heterocycles. The number of hydrogen-bond acceptors (Lipinski definition) is 7. The van der Waals surface area contributed by atoms with Crippen LogP contribution >= 0.6 is 0 Å². The average molecular weight is 668 g/mol. The van der Waals surface area contributed by atoms with Crippen molar-refractivity contribution in [2.24, 2.45) is 0 Å². The summed E-state index contributed by atoms with van der Waals surface area (Å²) in [5, 5.41) is 21.1. The Morgan fingerprint density at radius 2 is 1.81 bits per heavy atom. The highest BCUT2D eigenvalue weighted by Gasteiger charge is 2.33. The van der Waals surface area contributed by atoms with E-state index in [0.717, 1.165) is 25.0 Å². The number of halogens is 4. The van der Waals surface area contributed by atoms with Gasteiger partial charge in [-0.05, 0) is 63.1 Å². The fourth-order valence-electron chi connectivity index (χ4n) is 6.02. The molecule has 48 heavy (non-hydrogen) atoms. The number of alkyl halides is 3. The first-order valence-corrected chi connectivity index (χ1v) is 15.4. The summed E-state index contributed by atoms with van der Waals surface area (Å²) in [5.41, 5.74) is -1.03. The minimum atomic E-state index is -4.71. The highest BCUT2D eigenvalue weighted by Crippen LogP contribution is 2.34. The second kappa shape index (κ2) is 12.6. The fraction of sp³-hybridized carbons (Fsp3) is 0.364. The molecular weight excluding hydrogens is 634 g/mol. The summed E-state index contributed by atoms with van der Waals surface area (Å²) in [6, 6.07) is 10.4. The van der Waals surface area contributed by atoms with Crippen molar-refractivity contribution in [1.82, 2.24) is 25.0 Å². The largest absolute Gasteiger partial charge is 0.433 e. The Labute approximate surface area is 272 Å². The van der Waals surface area contributed by atoms with Gasteiger partial charge in [-0.3, -0.25) is 29.4 Å². The minimum absolute atomic E-state index is 0.0270. The van der Waals surface area contributed by atoms with Gasteiger partial charge in [0, 0.05) is 66.7 Å².